The molecule has 1 aromatic carbocycles. The van der Waals surface area contributed by atoms with Crippen LogP contribution in [0, 0.1) is 0 Å². The Morgan fingerprint density at radius 1 is 1.57 bits per heavy atom. The molecule has 2 nitrogen and oxygen atoms in total. The lowest BCUT2D eigenvalue weighted by atomic mass is 9.97. The van der Waals surface area contributed by atoms with E-state index in [1.165, 1.54) is 0 Å². The van der Waals surface area contributed by atoms with Gasteiger partial charge >= 0.3 is 0 Å². The molecule has 0 aromatic heterocycles. The van der Waals surface area contributed by atoms with Crippen LogP contribution in [0.4, 0.5) is 0 Å². The van der Waals surface area contributed by atoms with E-state index in [9.17, 15) is 4.79 Å². The molecule has 1 heterocycles. The lowest BCUT2D eigenvalue weighted by molar-refractivity contribution is 0.0956. The van der Waals surface area contributed by atoms with Crippen molar-refractivity contribution in [3.8, 4) is 0 Å². The summed E-state index contributed by atoms with van der Waals surface area (Å²) in [5.74, 6) is 0.171. The van der Waals surface area contributed by atoms with E-state index in [-0.39, 0.29) is 5.78 Å². The average Bonchev–Trinajstić information content (AvgIpc) is 2.11. The summed E-state index contributed by atoms with van der Waals surface area (Å²) in [5.41, 5.74) is 0.714. The van der Waals surface area contributed by atoms with Gasteiger partial charge in [-0.2, -0.15) is 0 Å². The molecule has 1 N–H and O–H groups in total. The minimum absolute atomic E-state index is 0.171. The summed E-state index contributed by atoms with van der Waals surface area (Å²) in [6, 6.07) is 7.50. The van der Waals surface area contributed by atoms with Crippen LogP contribution in [-0.4, -0.2) is 18.4 Å². The first-order valence-electron chi connectivity index (χ1n) is 4.78. The van der Waals surface area contributed by atoms with Gasteiger partial charge in [0.05, 0.1) is 0 Å². The van der Waals surface area contributed by atoms with Gasteiger partial charge < -0.3 is 5.32 Å². The molecule has 0 spiro atoms. The van der Waals surface area contributed by atoms with Crippen molar-refractivity contribution in [2.75, 3.05) is 6.54 Å². The van der Waals surface area contributed by atoms with E-state index >= 15 is 0 Å². The van der Waals surface area contributed by atoms with E-state index in [4.69, 9.17) is 11.6 Å². The molecular weight excluding hydrogens is 198 g/mol. The largest absolute Gasteiger partial charge is 0.313 e. The molecule has 14 heavy (non-hydrogen) atoms. The maximum Gasteiger partial charge on any atom is 0.164 e. The van der Waals surface area contributed by atoms with Gasteiger partial charge in [0.25, 0.3) is 0 Å². The van der Waals surface area contributed by atoms with Crippen molar-refractivity contribution < 1.29 is 4.79 Å². The minimum atomic E-state index is 0.171. The second-order valence-electron chi connectivity index (χ2n) is 3.58. The monoisotopic (exact) mass is 209 g/mol. The second-order valence-corrected chi connectivity index (χ2v) is 4.01. The molecule has 3 heteroatoms. The highest BCUT2D eigenvalue weighted by molar-refractivity contribution is 6.31. The van der Waals surface area contributed by atoms with Gasteiger partial charge in [0.2, 0.25) is 0 Å². The number of halogens is 1. The molecule has 1 aromatic rings. The van der Waals surface area contributed by atoms with Crippen LogP contribution in [0.3, 0.4) is 0 Å². The molecule has 0 radical (unpaired) electrons. The van der Waals surface area contributed by atoms with Gasteiger partial charge in [0.15, 0.2) is 5.78 Å². The van der Waals surface area contributed by atoms with Crippen LogP contribution in [0.1, 0.15) is 23.2 Å². The molecule has 0 aliphatic carbocycles. The SMILES string of the molecule is O=C(CC1CCN1)c1cccc(Cl)c1. The molecule has 1 aliphatic rings. The Morgan fingerprint density at radius 3 is 2.93 bits per heavy atom. The number of benzene rings is 1. The number of ketones is 1. The second kappa shape index (κ2) is 4.11. The van der Waals surface area contributed by atoms with Crippen molar-refractivity contribution in [1.29, 1.82) is 0 Å². The fraction of sp³-hybridized carbons (Fsp3) is 0.364. The third kappa shape index (κ3) is 2.14. The Balaban J connectivity index is 2.02. The summed E-state index contributed by atoms with van der Waals surface area (Å²) < 4.78 is 0. The van der Waals surface area contributed by atoms with Gasteiger partial charge in [-0.15, -0.1) is 0 Å². The standard InChI is InChI=1S/C11H12ClNO/c12-9-3-1-2-8(6-9)11(14)7-10-4-5-13-10/h1-3,6,10,13H,4-5,7H2. The van der Waals surface area contributed by atoms with E-state index in [1.807, 2.05) is 12.1 Å². The number of hydrogen-bond acceptors (Lipinski definition) is 2. The highest BCUT2D eigenvalue weighted by Gasteiger charge is 2.20. The maximum atomic E-state index is 11.7. The van der Waals surface area contributed by atoms with Gasteiger partial charge in [-0.05, 0) is 25.1 Å². The van der Waals surface area contributed by atoms with Crippen molar-refractivity contribution in [3.05, 3.63) is 34.9 Å². The number of carbonyl (C=O) groups is 1. The lowest BCUT2D eigenvalue weighted by Gasteiger charge is -2.26. The summed E-state index contributed by atoms with van der Waals surface area (Å²) in [6.45, 7) is 1.04. The number of carbonyl (C=O) groups excluding carboxylic acids is 1. The van der Waals surface area contributed by atoms with Gasteiger partial charge in [0.1, 0.15) is 0 Å². The van der Waals surface area contributed by atoms with E-state index in [0.717, 1.165) is 13.0 Å². The molecule has 2 rings (SSSR count). The first-order chi connectivity index (χ1) is 6.75. The van der Waals surface area contributed by atoms with Gasteiger partial charge in [0, 0.05) is 23.0 Å². The Bertz CT molecular complexity index is 347. The van der Waals surface area contributed by atoms with Crippen LogP contribution in [0.5, 0.6) is 0 Å². The topological polar surface area (TPSA) is 29.1 Å². The number of rotatable bonds is 3. The summed E-state index contributed by atoms with van der Waals surface area (Å²) in [6.07, 6.45) is 1.69. The van der Waals surface area contributed by atoms with Gasteiger partial charge in [-0.1, -0.05) is 23.7 Å². The predicted molar refractivity (Wildman–Crippen MR) is 56.8 cm³/mol. The molecule has 1 saturated heterocycles. The smallest absolute Gasteiger partial charge is 0.164 e. The normalized spacial score (nSPS) is 20.2. The van der Waals surface area contributed by atoms with Crippen LogP contribution < -0.4 is 5.32 Å². The van der Waals surface area contributed by atoms with Gasteiger partial charge in [-0.3, -0.25) is 4.79 Å². The molecule has 0 saturated carbocycles. The fourth-order valence-electron chi connectivity index (χ4n) is 1.53. The van der Waals surface area contributed by atoms with E-state index in [2.05, 4.69) is 5.32 Å². The Labute approximate surface area is 88.3 Å². The Morgan fingerprint density at radius 2 is 2.36 bits per heavy atom. The molecule has 1 atom stereocenters. The zero-order valence-electron chi connectivity index (χ0n) is 7.79. The van der Waals surface area contributed by atoms with Crippen LogP contribution in [0.2, 0.25) is 5.02 Å². The maximum absolute atomic E-state index is 11.7. The third-order valence-corrected chi connectivity index (χ3v) is 2.74. The van der Waals surface area contributed by atoms with Gasteiger partial charge in [-0.25, -0.2) is 0 Å². The van der Waals surface area contributed by atoms with Crippen molar-refractivity contribution in [2.45, 2.75) is 18.9 Å². The lowest BCUT2D eigenvalue weighted by Crippen LogP contribution is -2.44. The Kier molecular flexibility index (Phi) is 2.85. The first kappa shape index (κ1) is 9.69. The van der Waals surface area contributed by atoms with Crippen molar-refractivity contribution in [2.24, 2.45) is 0 Å². The van der Waals surface area contributed by atoms with Crippen LogP contribution in [0.15, 0.2) is 24.3 Å². The highest BCUT2D eigenvalue weighted by Crippen LogP contribution is 2.15. The van der Waals surface area contributed by atoms with E-state index in [1.54, 1.807) is 12.1 Å². The number of Topliss-reactive ketones (excluding diaryl/α,β-unsaturated/α-hetero) is 1. The minimum Gasteiger partial charge on any atom is -0.313 e. The zero-order chi connectivity index (χ0) is 9.97. The molecule has 0 bridgehead atoms. The third-order valence-electron chi connectivity index (χ3n) is 2.50. The van der Waals surface area contributed by atoms with E-state index in [0.29, 0.717) is 23.0 Å². The summed E-state index contributed by atoms with van der Waals surface area (Å²) in [5, 5.41) is 3.83. The van der Waals surface area contributed by atoms with Crippen molar-refractivity contribution in [3.63, 3.8) is 0 Å². The van der Waals surface area contributed by atoms with Crippen LogP contribution >= 0.6 is 11.6 Å². The summed E-state index contributed by atoms with van der Waals surface area (Å²) in [7, 11) is 0. The number of hydrogen-bond donors (Lipinski definition) is 1. The fourth-order valence-corrected chi connectivity index (χ4v) is 1.72. The molecule has 74 valence electrons. The molecule has 1 fully saturated rings. The van der Waals surface area contributed by atoms with Crippen molar-refractivity contribution >= 4 is 17.4 Å². The predicted octanol–water partition coefficient (Wildman–Crippen LogP) is 2.27. The quantitative estimate of drug-likeness (QED) is 0.774. The molecule has 1 unspecified atom stereocenters. The van der Waals surface area contributed by atoms with Crippen LogP contribution in [-0.2, 0) is 0 Å². The first-order valence-corrected chi connectivity index (χ1v) is 5.15. The summed E-state index contributed by atoms with van der Waals surface area (Å²) in [4.78, 5) is 11.7. The zero-order valence-corrected chi connectivity index (χ0v) is 8.55. The molecular formula is C11H12ClNO. The Hall–Kier alpha value is -0.860. The van der Waals surface area contributed by atoms with Crippen molar-refractivity contribution in [1.82, 2.24) is 5.32 Å². The average molecular weight is 210 g/mol. The highest BCUT2D eigenvalue weighted by atomic mass is 35.5. The van der Waals surface area contributed by atoms with Crippen LogP contribution in [0.25, 0.3) is 0 Å². The summed E-state index contributed by atoms with van der Waals surface area (Å²) >= 11 is 5.81. The molecule has 1 aliphatic heterocycles. The number of nitrogens with one attached hydrogen (secondary N) is 1. The van der Waals surface area contributed by atoms with E-state index < -0.39 is 0 Å². The molecule has 0 amide bonds.